The molecule has 4 rings (SSSR count). The summed E-state index contributed by atoms with van der Waals surface area (Å²) in [6.07, 6.45) is 1.06. The van der Waals surface area contributed by atoms with E-state index >= 15 is 0 Å². The number of likely N-dealkylation sites (tertiary alicyclic amines) is 1. The van der Waals surface area contributed by atoms with Crippen LogP contribution in [-0.4, -0.2) is 46.8 Å². The summed E-state index contributed by atoms with van der Waals surface area (Å²) in [5, 5.41) is 2.13. The van der Waals surface area contributed by atoms with Crippen molar-refractivity contribution < 1.29 is 23.9 Å². The first-order valence-corrected chi connectivity index (χ1v) is 6.44. The Labute approximate surface area is 108 Å². The summed E-state index contributed by atoms with van der Waals surface area (Å²) in [7, 11) is 0. The molecule has 4 fully saturated rings. The number of amides is 4. The molecule has 1 N–H and O–H groups in total. The second kappa shape index (κ2) is 3.41. The van der Waals surface area contributed by atoms with E-state index in [0.29, 0.717) is 0 Å². The van der Waals surface area contributed by atoms with Crippen LogP contribution in [0.25, 0.3) is 0 Å². The van der Waals surface area contributed by atoms with Gasteiger partial charge in [0.15, 0.2) is 0 Å². The maximum absolute atomic E-state index is 12.4. The lowest BCUT2D eigenvalue weighted by molar-refractivity contribution is -0.148. The van der Waals surface area contributed by atoms with Gasteiger partial charge in [-0.1, -0.05) is 0 Å². The molecule has 0 aromatic heterocycles. The molecule has 0 aromatic rings. The first-order chi connectivity index (χ1) is 9.08. The predicted molar refractivity (Wildman–Crippen MR) is 58.3 cm³/mol. The van der Waals surface area contributed by atoms with E-state index in [1.807, 2.05) is 0 Å². The van der Waals surface area contributed by atoms with Crippen LogP contribution in [0.2, 0.25) is 0 Å². The summed E-state index contributed by atoms with van der Waals surface area (Å²) in [4.78, 5) is 48.6. The van der Waals surface area contributed by atoms with E-state index in [0.717, 1.165) is 17.7 Å². The van der Waals surface area contributed by atoms with Crippen LogP contribution in [0.3, 0.4) is 0 Å². The number of carbonyl (C=O) groups is 4. The molecule has 4 amide bonds. The van der Waals surface area contributed by atoms with E-state index in [-0.39, 0.29) is 30.4 Å². The highest BCUT2D eigenvalue weighted by Gasteiger charge is 2.64. The van der Waals surface area contributed by atoms with Gasteiger partial charge >= 0.3 is 0 Å². The fourth-order valence-electron chi connectivity index (χ4n) is 3.79. The van der Waals surface area contributed by atoms with Crippen LogP contribution >= 0.6 is 0 Å². The Morgan fingerprint density at radius 3 is 2.05 bits per heavy atom. The van der Waals surface area contributed by atoms with Gasteiger partial charge in [0.25, 0.3) is 0 Å². The van der Waals surface area contributed by atoms with Gasteiger partial charge in [0.05, 0.1) is 30.5 Å². The fraction of sp³-hybridized carbons (Fsp3) is 0.667. The summed E-state index contributed by atoms with van der Waals surface area (Å²) in [6.45, 7) is 0. The van der Waals surface area contributed by atoms with Crippen molar-refractivity contribution in [2.24, 2.45) is 11.8 Å². The largest absolute Gasteiger partial charge is 0.373 e. The molecule has 100 valence electrons. The highest BCUT2D eigenvalue weighted by molar-refractivity contribution is 6.14. The second-order valence-corrected chi connectivity index (χ2v) is 5.52. The molecule has 0 spiro atoms. The third-order valence-electron chi connectivity index (χ3n) is 4.57. The summed E-state index contributed by atoms with van der Waals surface area (Å²) in [5.41, 5.74) is 0. The topological polar surface area (TPSA) is 92.8 Å². The van der Waals surface area contributed by atoms with Gasteiger partial charge in [0.1, 0.15) is 6.04 Å². The van der Waals surface area contributed by atoms with Crippen molar-refractivity contribution in [3.63, 3.8) is 0 Å². The molecule has 0 saturated carbocycles. The normalized spacial score (nSPS) is 44.2. The molecule has 4 aliphatic heterocycles. The van der Waals surface area contributed by atoms with E-state index in [1.165, 1.54) is 0 Å². The second-order valence-electron chi connectivity index (χ2n) is 5.52. The molecule has 0 aliphatic carbocycles. The zero-order valence-electron chi connectivity index (χ0n) is 10.00. The number of carbonyl (C=O) groups excluding carboxylic acids is 4. The minimum absolute atomic E-state index is 0.119. The lowest BCUT2D eigenvalue weighted by Crippen LogP contribution is -2.46. The van der Waals surface area contributed by atoms with Crippen LogP contribution in [0.5, 0.6) is 0 Å². The van der Waals surface area contributed by atoms with Gasteiger partial charge in [-0.3, -0.25) is 29.4 Å². The van der Waals surface area contributed by atoms with Gasteiger partial charge in [-0.25, -0.2) is 0 Å². The van der Waals surface area contributed by atoms with Gasteiger partial charge in [-0.15, -0.1) is 0 Å². The minimum Gasteiger partial charge on any atom is -0.373 e. The average molecular weight is 264 g/mol. The van der Waals surface area contributed by atoms with Crippen LogP contribution in [0.1, 0.15) is 19.3 Å². The van der Waals surface area contributed by atoms with Crippen molar-refractivity contribution >= 4 is 23.6 Å². The van der Waals surface area contributed by atoms with Gasteiger partial charge in [0, 0.05) is 0 Å². The highest BCUT2D eigenvalue weighted by atomic mass is 16.5. The van der Waals surface area contributed by atoms with Crippen molar-refractivity contribution in [1.82, 2.24) is 10.2 Å². The Hall–Kier alpha value is -1.76. The standard InChI is InChI=1S/C12H12N2O5/c15-7-3-4(10(16)13-7)14-11(17)8-5-1-2-6(19-5)9(8)12(14)18/h4-6,8-9H,1-3H2,(H,13,15,16)/t4-,5-,6-,8-,9-/m1/s1. The Kier molecular flexibility index (Phi) is 1.99. The molecule has 7 nitrogen and oxygen atoms in total. The number of hydrogen-bond donors (Lipinski definition) is 1. The molecular weight excluding hydrogens is 252 g/mol. The molecular formula is C12H12N2O5. The molecule has 2 bridgehead atoms. The van der Waals surface area contributed by atoms with E-state index in [1.54, 1.807) is 0 Å². The lowest BCUT2D eigenvalue weighted by atomic mass is 9.81. The number of hydrogen-bond acceptors (Lipinski definition) is 5. The van der Waals surface area contributed by atoms with Crippen molar-refractivity contribution in [2.75, 3.05) is 0 Å². The number of ether oxygens (including phenoxy) is 1. The third kappa shape index (κ3) is 1.25. The molecule has 19 heavy (non-hydrogen) atoms. The Bertz CT molecular complexity index is 502. The summed E-state index contributed by atoms with van der Waals surface area (Å²) < 4.78 is 5.60. The number of rotatable bonds is 1. The maximum atomic E-state index is 12.4. The summed E-state index contributed by atoms with van der Waals surface area (Å²) >= 11 is 0. The smallest absolute Gasteiger partial charge is 0.250 e. The Morgan fingerprint density at radius 2 is 1.58 bits per heavy atom. The van der Waals surface area contributed by atoms with Gasteiger partial charge in [0.2, 0.25) is 23.6 Å². The van der Waals surface area contributed by atoms with Crippen molar-refractivity contribution in [2.45, 2.75) is 37.5 Å². The molecule has 4 aliphatic rings. The van der Waals surface area contributed by atoms with Crippen LogP contribution < -0.4 is 5.32 Å². The zero-order chi connectivity index (χ0) is 13.3. The zero-order valence-corrected chi connectivity index (χ0v) is 10.00. The summed E-state index contributed by atoms with van der Waals surface area (Å²) in [5.74, 6) is -2.59. The first-order valence-electron chi connectivity index (χ1n) is 6.44. The van der Waals surface area contributed by atoms with Crippen LogP contribution in [0.15, 0.2) is 0 Å². The molecule has 4 heterocycles. The van der Waals surface area contributed by atoms with Crippen molar-refractivity contribution in [3.05, 3.63) is 0 Å². The van der Waals surface area contributed by atoms with Gasteiger partial charge in [-0.2, -0.15) is 0 Å². The molecule has 4 saturated heterocycles. The van der Waals surface area contributed by atoms with Crippen molar-refractivity contribution in [3.8, 4) is 0 Å². The quantitative estimate of drug-likeness (QED) is 0.586. The van der Waals surface area contributed by atoms with E-state index in [4.69, 9.17) is 4.74 Å². The highest BCUT2D eigenvalue weighted by Crippen LogP contribution is 2.49. The Balaban J connectivity index is 1.68. The van der Waals surface area contributed by atoms with Crippen LogP contribution in [0.4, 0.5) is 0 Å². The monoisotopic (exact) mass is 264 g/mol. The molecule has 0 aromatic carbocycles. The Morgan fingerprint density at radius 1 is 1.00 bits per heavy atom. The van der Waals surface area contributed by atoms with E-state index in [9.17, 15) is 19.2 Å². The average Bonchev–Trinajstić information content (AvgIpc) is 3.06. The van der Waals surface area contributed by atoms with Gasteiger partial charge < -0.3 is 4.74 Å². The fourth-order valence-corrected chi connectivity index (χ4v) is 3.79. The number of imide groups is 2. The maximum Gasteiger partial charge on any atom is 0.250 e. The molecule has 5 atom stereocenters. The van der Waals surface area contributed by atoms with Crippen LogP contribution in [0, 0.1) is 11.8 Å². The van der Waals surface area contributed by atoms with Crippen molar-refractivity contribution in [1.29, 1.82) is 0 Å². The van der Waals surface area contributed by atoms with Gasteiger partial charge in [-0.05, 0) is 12.8 Å². The molecule has 0 radical (unpaired) electrons. The first kappa shape index (κ1) is 11.1. The summed E-state index contributed by atoms with van der Waals surface area (Å²) in [6, 6.07) is -0.961. The molecule has 7 heteroatoms. The van der Waals surface area contributed by atoms with E-state index in [2.05, 4.69) is 5.32 Å². The minimum atomic E-state index is -0.961. The number of nitrogens with zero attached hydrogens (tertiary/aromatic N) is 1. The number of fused-ring (bicyclic) bond motifs is 5. The SMILES string of the molecule is O=C1C[C@@H](N2C(=O)[C@H]3[C@H](C2=O)[C@H]2CC[C@H]3O2)C(=O)N1. The lowest BCUT2D eigenvalue weighted by Gasteiger charge is -2.21. The molecule has 0 unspecified atom stereocenters. The van der Waals surface area contributed by atoms with Crippen LogP contribution in [-0.2, 0) is 23.9 Å². The van der Waals surface area contributed by atoms with E-state index < -0.39 is 29.7 Å². The number of nitrogens with one attached hydrogen (secondary N) is 1. The third-order valence-corrected chi connectivity index (χ3v) is 4.57. The predicted octanol–water partition coefficient (Wildman–Crippen LogP) is -1.44.